The first-order chi connectivity index (χ1) is 13.4. The molecule has 8 heteroatoms. The Hall–Kier alpha value is -2.36. The van der Waals surface area contributed by atoms with Crippen molar-refractivity contribution in [3.63, 3.8) is 0 Å². The molecule has 1 unspecified atom stereocenters. The van der Waals surface area contributed by atoms with Gasteiger partial charge in [0.1, 0.15) is 35.9 Å². The fourth-order valence-electron chi connectivity index (χ4n) is 3.11. The van der Waals surface area contributed by atoms with E-state index >= 15 is 0 Å². The molecule has 8 nitrogen and oxygen atoms in total. The van der Waals surface area contributed by atoms with E-state index in [9.17, 15) is 30.6 Å². The van der Waals surface area contributed by atoms with Crippen LogP contribution in [0.3, 0.4) is 0 Å². The molecular weight excluding hydrogens is 368 g/mol. The van der Waals surface area contributed by atoms with Crippen molar-refractivity contribution in [3.05, 3.63) is 59.6 Å². The molecule has 1 aromatic rings. The summed E-state index contributed by atoms with van der Waals surface area (Å²) in [5, 5.41) is 57.9. The summed E-state index contributed by atoms with van der Waals surface area (Å²) in [6.45, 7) is -0.523. The zero-order valence-corrected chi connectivity index (χ0v) is 15.0. The summed E-state index contributed by atoms with van der Waals surface area (Å²) in [6.07, 6.45) is 0.402. The molecule has 2 aliphatic rings. The average Bonchev–Trinajstić information content (AvgIpc) is 2.67. The SMILES string of the molecule is OC[C@H]1O[C@@H](Oc2ccc(C=CC3C=C(O)C=C(O)C3)cc2)[C@H](O)[C@@H](O)[C@@H]1O. The highest BCUT2D eigenvalue weighted by Crippen LogP contribution is 2.25. The summed E-state index contributed by atoms with van der Waals surface area (Å²) in [7, 11) is 0. The highest BCUT2D eigenvalue weighted by molar-refractivity contribution is 5.51. The van der Waals surface area contributed by atoms with Crippen LogP contribution in [0.4, 0.5) is 0 Å². The Kier molecular flexibility index (Phi) is 6.38. The quantitative estimate of drug-likeness (QED) is 0.432. The highest BCUT2D eigenvalue weighted by atomic mass is 16.7. The van der Waals surface area contributed by atoms with Crippen LogP contribution in [0.15, 0.2) is 54.0 Å². The van der Waals surface area contributed by atoms with E-state index in [4.69, 9.17) is 9.47 Å². The Labute approximate surface area is 161 Å². The lowest BCUT2D eigenvalue weighted by atomic mass is 9.97. The lowest BCUT2D eigenvalue weighted by Crippen LogP contribution is -2.60. The first-order valence-corrected chi connectivity index (χ1v) is 8.93. The molecule has 0 saturated carbocycles. The number of allylic oxidation sites excluding steroid dienone is 4. The van der Waals surface area contributed by atoms with E-state index in [1.807, 2.05) is 12.2 Å². The number of ether oxygens (including phenoxy) is 2. The van der Waals surface area contributed by atoms with Gasteiger partial charge in [-0.3, -0.25) is 0 Å². The van der Waals surface area contributed by atoms with Crippen molar-refractivity contribution in [2.24, 2.45) is 5.92 Å². The molecule has 1 aliphatic heterocycles. The molecule has 1 heterocycles. The van der Waals surface area contributed by atoms with E-state index in [1.165, 1.54) is 6.08 Å². The minimum absolute atomic E-state index is 0.0293. The zero-order chi connectivity index (χ0) is 20.3. The Balaban J connectivity index is 1.61. The van der Waals surface area contributed by atoms with Gasteiger partial charge < -0.3 is 40.1 Å². The van der Waals surface area contributed by atoms with Crippen LogP contribution in [0, 0.1) is 5.92 Å². The minimum Gasteiger partial charge on any atom is -0.512 e. The molecule has 6 N–H and O–H groups in total. The second-order valence-electron chi connectivity index (χ2n) is 6.84. The van der Waals surface area contributed by atoms with Crippen LogP contribution in [-0.2, 0) is 4.74 Å². The topological polar surface area (TPSA) is 140 Å². The summed E-state index contributed by atoms with van der Waals surface area (Å²) in [4.78, 5) is 0. The Bertz CT molecular complexity index is 752. The van der Waals surface area contributed by atoms with E-state index < -0.39 is 37.3 Å². The van der Waals surface area contributed by atoms with Crippen molar-refractivity contribution in [1.82, 2.24) is 0 Å². The third-order valence-electron chi connectivity index (χ3n) is 4.66. The normalized spacial score (nSPS) is 33.4. The van der Waals surface area contributed by atoms with Crippen molar-refractivity contribution in [1.29, 1.82) is 0 Å². The maximum absolute atomic E-state index is 10.0. The zero-order valence-electron chi connectivity index (χ0n) is 15.0. The number of aliphatic hydroxyl groups excluding tert-OH is 6. The van der Waals surface area contributed by atoms with E-state index in [-0.39, 0.29) is 17.4 Å². The molecule has 3 rings (SSSR count). The third-order valence-corrected chi connectivity index (χ3v) is 4.66. The molecule has 0 spiro atoms. The van der Waals surface area contributed by atoms with Crippen molar-refractivity contribution in [2.45, 2.75) is 37.1 Å². The predicted octanol–water partition coefficient (Wildman–Crippen LogP) is 0.782. The molecule has 1 saturated heterocycles. The van der Waals surface area contributed by atoms with Gasteiger partial charge in [-0.1, -0.05) is 24.3 Å². The van der Waals surface area contributed by atoms with Crippen molar-refractivity contribution < 1.29 is 40.1 Å². The average molecular weight is 392 g/mol. The maximum Gasteiger partial charge on any atom is 0.229 e. The van der Waals surface area contributed by atoms with Gasteiger partial charge in [-0.25, -0.2) is 0 Å². The summed E-state index contributed by atoms with van der Waals surface area (Å²) in [6, 6.07) is 6.81. The first kappa shape index (κ1) is 20.4. The second-order valence-corrected chi connectivity index (χ2v) is 6.84. The Morgan fingerprint density at radius 1 is 1.04 bits per heavy atom. The second kappa shape index (κ2) is 8.76. The molecule has 152 valence electrons. The van der Waals surface area contributed by atoms with E-state index in [0.29, 0.717) is 12.2 Å². The van der Waals surface area contributed by atoms with Gasteiger partial charge in [0, 0.05) is 18.4 Å². The molecule has 0 amide bonds. The fourth-order valence-corrected chi connectivity index (χ4v) is 3.11. The van der Waals surface area contributed by atoms with Crippen LogP contribution >= 0.6 is 0 Å². The predicted molar refractivity (Wildman–Crippen MR) is 99.4 cm³/mol. The Morgan fingerprint density at radius 2 is 1.75 bits per heavy atom. The molecule has 1 aromatic carbocycles. The van der Waals surface area contributed by atoms with Crippen molar-refractivity contribution in [2.75, 3.05) is 6.61 Å². The highest BCUT2D eigenvalue weighted by Gasteiger charge is 2.44. The van der Waals surface area contributed by atoms with Crippen molar-refractivity contribution >= 4 is 6.08 Å². The summed E-state index contributed by atoms with van der Waals surface area (Å²) in [5.41, 5.74) is 0.850. The van der Waals surface area contributed by atoms with Crippen LogP contribution in [0.25, 0.3) is 6.08 Å². The third kappa shape index (κ3) is 4.73. The molecule has 0 aromatic heterocycles. The number of aliphatic hydroxyl groups is 6. The molecule has 28 heavy (non-hydrogen) atoms. The van der Waals surface area contributed by atoms with Crippen LogP contribution in [0.1, 0.15) is 12.0 Å². The van der Waals surface area contributed by atoms with E-state index in [2.05, 4.69) is 0 Å². The number of hydrogen-bond acceptors (Lipinski definition) is 8. The van der Waals surface area contributed by atoms with Gasteiger partial charge in [-0.05, 0) is 23.8 Å². The smallest absolute Gasteiger partial charge is 0.229 e. The van der Waals surface area contributed by atoms with Crippen LogP contribution in [0.5, 0.6) is 5.75 Å². The molecule has 1 fully saturated rings. The molecule has 0 radical (unpaired) electrons. The van der Waals surface area contributed by atoms with E-state index in [0.717, 1.165) is 5.56 Å². The number of rotatable bonds is 5. The fraction of sp³-hybridized carbons (Fsp3) is 0.400. The monoisotopic (exact) mass is 392 g/mol. The maximum atomic E-state index is 10.0. The van der Waals surface area contributed by atoms with Gasteiger partial charge in [-0.15, -0.1) is 0 Å². The lowest BCUT2D eigenvalue weighted by molar-refractivity contribution is -0.277. The summed E-state index contributed by atoms with van der Waals surface area (Å²) >= 11 is 0. The summed E-state index contributed by atoms with van der Waals surface area (Å²) in [5.74, 6) is 0.409. The molecule has 1 aliphatic carbocycles. The van der Waals surface area contributed by atoms with Crippen LogP contribution < -0.4 is 4.74 Å². The van der Waals surface area contributed by atoms with Gasteiger partial charge in [0.15, 0.2) is 0 Å². The molecule has 6 atom stereocenters. The van der Waals surface area contributed by atoms with Gasteiger partial charge >= 0.3 is 0 Å². The number of hydrogen-bond donors (Lipinski definition) is 6. The number of benzene rings is 1. The van der Waals surface area contributed by atoms with Crippen LogP contribution in [-0.4, -0.2) is 68.0 Å². The lowest BCUT2D eigenvalue weighted by Gasteiger charge is -2.39. The van der Waals surface area contributed by atoms with Gasteiger partial charge in [0.2, 0.25) is 6.29 Å². The van der Waals surface area contributed by atoms with Gasteiger partial charge in [0.05, 0.1) is 12.4 Å². The Morgan fingerprint density at radius 3 is 2.39 bits per heavy atom. The molecule has 0 bridgehead atoms. The standard InChI is InChI=1S/C20H24O8/c21-10-16-17(24)18(25)19(26)20(28-16)27-15-5-3-11(4-6-15)1-2-12-7-13(22)9-14(23)8-12/h1-7,9,12,16-26H,8,10H2/t12?,16-,17-,18+,19-,20-/m1/s1. The van der Waals surface area contributed by atoms with Crippen LogP contribution in [0.2, 0.25) is 0 Å². The van der Waals surface area contributed by atoms with Gasteiger partial charge in [-0.2, -0.15) is 0 Å². The van der Waals surface area contributed by atoms with Crippen molar-refractivity contribution in [3.8, 4) is 5.75 Å². The summed E-state index contributed by atoms with van der Waals surface area (Å²) < 4.78 is 10.8. The van der Waals surface area contributed by atoms with Gasteiger partial charge in [0.25, 0.3) is 0 Å². The minimum atomic E-state index is -1.50. The first-order valence-electron chi connectivity index (χ1n) is 8.93. The molecular formula is C20H24O8. The largest absolute Gasteiger partial charge is 0.512 e. The van der Waals surface area contributed by atoms with E-state index in [1.54, 1.807) is 30.3 Å².